The summed E-state index contributed by atoms with van der Waals surface area (Å²) in [5, 5.41) is 13.2. The minimum Gasteiger partial charge on any atom is -0.345 e. The average molecular weight is 503 g/mol. The number of aromatic nitrogens is 3. The van der Waals surface area contributed by atoms with Gasteiger partial charge in [0.05, 0.1) is 25.2 Å². The van der Waals surface area contributed by atoms with Crippen molar-refractivity contribution in [1.82, 2.24) is 20.1 Å². The van der Waals surface area contributed by atoms with E-state index in [1.165, 1.54) is 4.88 Å². The Bertz CT molecular complexity index is 1270. The molecule has 3 aromatic rings. The third-order valence-electron chi connectivity index (χ3n) is 5.34. The van der Waals surface area contributed by atoms with Gasteiger partial charge in [0.2, 0.25) is 5.91 Å². The molecule has 4 rings (SSSR count). The van der Waals surface area contributed by atoms with Gasteiger partial charge in [0.1, 0.15) is 16.9 Å². The van der Waals surface area contributed by atoms with Crippen molar-refractivity contribution in [2.45, 2.75) is 33.2 Å². The van der Waals surface area contributed by atoms with Crippen LogP contribution in [0.25, 0.3) is 5.00 Å². The predicted octanol–water partition coefficient (Wildman–Crippen LogP) is 3.69. The van der Waals surface area contributed by atoms with Crippen LogP contribution in [0.1, 0.15) is 45.7 Å². The first-order chi connectivity index (χ1) is 15.4. The number of carbonyl (C=O) groups is 1. The van der Waals surface area contributed by atoms with Crippen LogP contribution in [0.3, 0.4) is 0 Å². The Balaban J connectivity index is 0.00000306. The number of benzene rings is 1. The van der Waals surface area contributed by atoms with Gasteiger partial charge in [-0.1, -0.05) is 35.6 Å². The zero-order valence-corrected chi connectivity index (χ0v) is 20.9. The second-order valence-corrected chi connectivity index (χ2v) is 9.08. The number of halogens is 2. The maximum absolute atomic E-state index is 12.7. The lowest BCUT2D eigenvalue weighted by atomic mass is 9.99. The zero-order valence-electron chi connectivity index (χ0n) is 18.5. The average Bonchev–Trinajstić information content (AvgIpc) is 3.24. The number of aliphatic imine (C=N–C) groups is 1. The van der Waals surface area contributed by atoms with Gasteiger partial charge < -0.3 is 11.1 Å². The summed E-state index contributed by atoms with van der Waals surface area (Å²) in [6.07, 6.45) is 0.131. The van der Waals surface area contributed by atoms with Crippen molar-refractivity contribution in [2.75, 3.05) is 13.1 Å². The lowest BCUT2D eigenvalue weighted by Gasteiger charge is -2.12. The third-order valence-corrected chi connectivity index (χ3v) is 6.78. The van der Waals surface area contributed by atoms with Gasteiger partial charge >= 0.3 is 0 Å². The van der Waals surface area contributed by atoms with Gasteiger partial charge in [-0.05, 0) is 38.5 Å². The van der Waals surface area contributed by atoms with Crippen LogP contribution in [0.4, 0.5) is 0 Å². The molecule has 0 saturated heterocycles. The molecule has 0 spiro atoms. The zero-order chi connectivity index (χ0) is 22.8. The van der Waals surface area contributed by atoms with Gasteiger partial charge in [-0.25, -0.2) is 0 Å². The Morgan fingerprint density at radius 2 is 1.94 bits per heavy atom. The Labute approximate surface area is 207 Å². The van der Waals surface area contributed by atoms with Crippen molar-refractivity contribution in [1.29, 1.82) is 0 Å². The van der Waals surface area contributed by atoms with Gasteiger partial charge in [0.15, 0.2) is 5.82 Å². The normalized spacial score (nSPS) is 14.1. The van der Waals surface area contributed by atoms with Gasteiger partial charge in [0, 0.05) is 21.0 Å². The van der Waals surface area contributed by atoms with Crippen molar-refractivity contribution in [3.05, 3.63) is 62.5 Å². The molecule has 0 unspecified atom stereocenters. The third kappa shape index (κ3) is 4.97. The van der Waals surface area contributed by atoms with Crippen LogP contribution < -0.4 is 11.1 Å². The van der Waals surface area contributed by atoms with E-state index in [0.717, 1.165) is 33.2 Å². The van der Waals surface area contributed by atoms with Crippen LogP contribution in [0, 0.1) is 32.6 Å². The molecule has 1 aliphatic rings. The molecule has 1 amide bonds. The van der Waals surface area contributed by atoms with Gasteiger partial charge in [-0.3, -0.25) is 14.4 Å². The van der Waals surface area contributed by atoms with Crippen LogP contribution in [0.5, 0.6) is 0 Å². The summed E-state index contributed by atoms with van der Waals surface area (Å²) in [4.78, 5) is 18.9. The van der Waals surface area contributed by atoms with E-state index in [1.807, 2.05) is 35.8 Å². The predicted molar refractivity (Wildman–Crippen MR) is 135 cm³/mol. The maximum Gasteiger partial charge on any atom is 0.223 e. The molecule has 0 saturated carbocycles. The second kappa shape index (κ2) is 10.5. The Kier molecular flexibility index (Phi) is 7.92. The number of hydrogen-bond acceptors (Lipinski definition) is 6. The van der Waals surface area contributed by atoms with E-state index in [2.05, 4.69) is 41.2 Å². The van der Waals surface area contributed by atoms with E-state index >= 15 is 0 Å². The van der Waals surface area contributed by atoms with Crippen molar-refractivity contribution < 1.29 is 4.79 Å². The molecule has 10 heteroatoms. The van der Waals surface area contributed by atoms with Gasteiger partial charge in [-0.2, -0.15) is 0 Å². The molecule has 3 heterocycles. The largest absolute Gasteiger partial charge is 0.345 e. The molecule has 1 aromatic carbocycles. The number of amides is 1. The second-order valence-electron chi connectivity index (χ2n) is 7.44. The molecule has 1 atom stereocenters. The first-order valence-electron chi connectivity index (χ1n) is 10.2. The molecule has 7 nitrogen and oxygen atoms in total. The summed E-state index contributed by atoms with van der Waals surface area (Å²) in [7, 11) is 0. The van der Waals surface area contributed by atoms with Crippen LogP contribution in [-0.2, 0) is 4.79 Å². The summed E-state index contributed by atoms with van der Waals surface area (Å²) < 4.78 is 2.03. The fraction of sp³-hybridized carbons (Fsp3) is 0.304. The fourth-order valence-electron chi connectivity index (χ4n) is 3.66. The highest BCUT2D eigenvalue weighted by molar-refractivity contribution is 7.15. The molecule has 2 aromatic heterocycles. The van der Waals surface area contributed by atoms with E-state index in [0.29, 0.717) is 10.8 Å². The standard InChI is InChI=1S/C23H23ClN6OS.ClH/c1-13-14(2)32-23-20(13)21(16-6-8-17(24)9-7-16)27-18(22-29-28-15(3)30(22)23)12-19(31)26-11-5-4-10-25;/h6-9,18H,10-12,25H2,1-3H3,(H,26,31);1H/t18-;/m0./s1. The van der Waals surface area contributed by atoms with Crippen LogP contribution >= 0.6 is 35.3 Å². The molecule has 0 aliphatic carbocycles. The molecule has 1 aliphatic heterocycles. The highest BCUT2D eigenvalue weighted by Gasteiger charge is 2.32. The number of aryl methyl sites for hydroxylation is 2. The summed E-state index contributed by atoms with van der Waals surface area (Å²) in [5.74, 6) is 6.80. The molecule has 3 N–H and O–H groups in total. The molecular weight excluding hydrogens is 479 g/mol. The smallest absolute Gasteiger partial charge is 0.223 e. The topological polar surface area (TPSA) is 98.2 Å². The molecule has 172 valence electrons. The van der Waals surface area contributed by atoms with Gasteiger partial charge in [-0.15, -0.1) is 33.9 Å². The van der Waals surface area contributed by atoms with Crippen molar-refractivity contribution in [3.8, 4) is 16.8 Å². The Morgan fingerprint density at radius 1 is 1.21 bits per heavy atom. The lowest BCUT2D eigenvalue weighted by Crippen LogP contribution is -2.26. The summed E-state index contributed by atoms with van der Waals surface area (Å²) in [5.41, 5.74) is 9.32. The van der Waals surface area contributed by atoms with E-state index < -0.39 is 6.04 Å². The summed E-state index contributed by atoms with van der Waals surface area (Å²) in [6.45, 7) is 6.61. The minimum absolute atomic E-state index is 0. The van der Waals surface area contributed by atoms with Crippen LogP contribution in [-0.4, -0.2) is 39.5 Å². The van der Waals surface area contributed by atoms with Crippen LogP contribution in [0.15, 0.2) is 29.3 Å². The van der Waals surface area contributed by atoms with Crippen LogP contribution in [0.2, 0.25) is 5.02 Å². The van der Waals surface area contributed by atoms with Crippen molar-refractivity contribution in [2.24, 2.45) is 10.7 Å². The number of thiophene rings is 1. The monoisotopic (exact) mass is 502 g/mol. The van der Waals surface area contributed by atoms with E-state index in [1.54, 1.807) is 11.3 Å². The highest BCUT2D eigenvalue weighted by atomic mass is 35.5. The number of nitrogens with two attached hydrogens (primary N) is 1. The molecule has 0 bridgehead atoms. The number of carbonyl (C=O) groups excluding carboxylic acids is 1. The van der Waals surface area contributed by atoms with Crippen molar-refractivity contribution in [3.63, 3.8) is 0 Å². The van der Waals surface area contributed by atoms with E-state index in [9.17, 15) is 4.79 Å². The molecule has 33 heavy (non-hydrogen) atoms. The van der Waals surface area contributed by atoms with Crippen molar-refractivity contribution >= 4 is 47.0 Å². The Morgan fingerprint density at radius 3 is 2.64 bits per heavy atom. The van der Waals surface area contributed by atoms with Gasteiger partial charge in [0.25, 0.3) is 0 Å². The number of fused-ring (bicyclic) bond motifs is 3. The molecule has 0 fully saturated rings. The first-order valence-corrected chi connectivity index (χ1v) is 11.4. The maximum atomic E-state index is 12.7. The minimum atomic E-state index is -0.497. The molecular formula is C23H24Cl2N6OS. The number of rotatable bonds is 4. The summed E-state index contributed by atoms with van der Waals surface area (Å²) >= 11 is 7.81. The summed E-state index contributed by atoms with van der Waals surface area (Å²) in [6, 6.07) is 7.11. The SMILES string of the molecule is Cc1sc2c(c1C)C(c1ccc(Cl)cc1)=N[C@@H](CC(=O)NCC#CCN)c1nnc(C)n1-2.Cl. The number of nitrogens with one attached hydrogen (secondary N) is 1. The number of hydrogen-bond donors (Lipinski definition) is 2. The number of nitrogens with zero attached hydrogens (tertiary/aromatic N) is 4. The first kappa shape index (κ1) is 24.9. The van der Waals surface area contributed by atoms with E-state index in [-0.39, 0.29) is 37.8 Å². The Hall–Kier alpha value is -2.70. The van der Waals surface area contributed by atoms with E-state index in [4.69, 9.17) is 22.3 Å². The lowest BCUT2D eigenvalue weighted by molar-refractivity contribution is -0.121. The highest BCUT2D eigenvalue weighted by Crippen LogP contribution is 2.39. The fourth-order valence-corrected chi connectivity index (χ4v) is 5.00. The molecule has 0 radical (unpaired) electrons. The quantitative estimate of drug-likeness (QED) is 0.531.